The summed E-state index contributed by atoms with van der Waals surface area (Å²) in [4.78, 5) is 11.8. The molecule has 0 saturated heterocycles. The first-order valence-electron chi connectivity index (χ1n) is 6.15. The molecule has 0 aliphatic heterocycles. The summed E-state index contributed by atoms with van der Waals surface area (Å²) in [6.45, 7) is 0. The smallest absolute Gasteiger partial charge is 0.224 e. The standard InChI is InChI=1S/C15H11Cl2F2NO/c16-11-3-1-2-9(15(11)17)4-7-14(21)20-13-8-10(18)5-6-12(13)19/h1-3,5-6,8H,4,7H2,(H,20,21). The average Bonchev–Trinajstić information content (AvgIpc) is 2.44. The van der Waals surface area contributed by atoms with Crippen LogP contribution in [0.1, 0.15) is 12.0 Å². The number of halogens is 4. The van der Waals surface area contributed by atoms with Crippen molar-refractivity contribution in [2.24, 2.45) is 0 Å². The largest absolute Gasteiger partial charge is 0.324 e. The zero-order valence-corrected chi connectivity index (χ0v) is 12.3. The number of hydrogen-bond acceptors (Lipinski definition) is 1. The number of hydrogen-bond donors (Lipinski definition) is 1. The van der Waals surface area contributed by atoms with Gasteiger partial charge < -0.3 is 5.32 Å². The Bertz CT molecular complexity index is 677. The van der Waals surface area contributed by atoms with Crippen molar-refractivity contribution in [3.63, 3.8) is 0 Å². The van der Waals surface area contributed by atoms with E-state index >= 15 is 0 Å². The molecule has 2 nitrogen and oxygen atoms in total. The highest BCUT2D eigenvalue weighted by atomic mass is 35.5. The van der Waals surface area contributed by atoms with Crippen LogP contribution in [0.5, 0.6) is 0 Å². The van der Waals surface area contributed by atoms with Gasteiger partial charge in [-0.25, -0.2) is 8.78 Å². The molecule has 0 bridgehead atoms. The summed E-state index contributed by atoms with van der Waals surface area (Å²) in [5.41, 5.74) is 0.538. The van der Waals surface area contributed by atoms with Gasteiger partial charge in [-0.2, -0.15) is 0 Å². The van der Waals surface area contributed by atoms with Crippen LogP contribution in [0.15, 0.2) is 36.4 Å². The van der Waals surface area contributed by atoms with Crippen molar-refractivity contribution in [1.29, 1.82) is 0 Å². The van der Waals surface area contributed by atoms with E-state index in [-0.39, 0.29) is 12.1 Å². The van der Waals surface area contributed by atoms with Gasteiger partial charge >= 0.3 is 0 Å². The van der Waals surface area contributed by atoms with E-state index in [2.05, 4.69) is 5.32 Å². The van der Waals surface area contributed by atoms with Crippen molar-refractivity contribution in [1.82, 2.24) is 0 Å². The van der Waals surface area contributed by atoms with Crippen LogP contribution in [0.2, 0.25) is 10.0 Å². The molecule has 0 spiro atoms. The predicted octanol–water partition coefficient (Wildman–Crippen LogP) is 4.84. The summed E-state index contributed by atoms with van der Waals surface area (Å²) in [6, 6.07) is 8.00. The first-order chi connectivity index (χ1) is 9.97. The number of carbonyl (C=O) groups excluding carboxylic acids is 1. The molecule has 0 heterocycles. The van der Waals surface area contributed by atoms with E-state index in [1.165, 1.54) is 0 Å². The summed E-state index contributed by atoms with van der Waals surface area (Å²) < 4.78 is 26.4. The van der Waals surface area contributed by atoms with Gasteiger partial charge in [-0.3, -0.25) is 4.79 Å². The first-order valence-corrected chi connectivity index (χ1v) is 6.91. The highest BCUT2D eigenvalue weighted by molar-refractivity contribution is 6.42. The van der Waals surface area contributed by atoms with E-state index in [9.17, 15) is 13.6 Å². The molecule has 110 valence electrons. The number of rotatable bonds is 4. The van der Waals surface area contributed by atoms with E-state index in [0.717, 1.165) is 23.8 Å². The minimum absolute atomic E-state index is 0.0794. The zero-order valence-electron chi connectivity index (χ0n) is 10.8. The van der Waals surface area contributed by atoms with Crippen LogP contribution >= 0.6 is 23.2 Å². The van der Waals surface area contributed by atoms with Crippen molar-refractivity contribution in [2.45, 2.75) is 12.8 Å². The van der Waals surface area contributed by atoms with E-state index < -0.39 is 17.5 Å². The molecule has 6 heteroatoms. The summed E-state index contributed by atoms with van der Waals surface area (Å²) in [7, 11) is 0. The number of nitrogens with one attached hydrogen (secondary N) is 1. The summed E-state index contributed by atoms with van der Waals surface area (Å²) in [5.74, 6) is -1.74. The second kappa shape index (κ2) is 6.87. The number of amides is 1. The monoisotopic (exact) mass is 329 g/mol. The lowest BCUT2D eigenvalue weighted by atomic mass is 10.1. The normalized spacial score (nSPS) is 10.5. The maximum absolute atomic E-state index is 13.4. The van der Waals surface area contributed by atoms with Crippen LogP contribution in [-0.2, 0) is 11.2 Å². The molecule has 0 radical (unpaired) electrons. The Hall–Kier alpha value is -1.65. The lowest BCUT2D eigenvalue weighted by Crippen LogP contribution is -2.13. The molecule has 2 rings (SSSR count). The topological polar surface area (TPSA) is 29.1 Å². The fourth-order valence-electron chi connectivity index (χ4n) is 1.80. The Morgan fingerprint density at radius 2 is 1.90 bits per heavy atom. The summed E-state index contributed by atoms with van der Waals surface area (Å²) in [5, 5.41) is 3.13. The van der Waals surface area contributed by atoms with Gasteiger partial charge in [0.1, 0.15) is 11.6 Å². The van der Waals surface area contributed by atoms with Gasteiger partial charge in [-0.1, -0.05) is 35.3 Å². The second-order valence-electron chi connectivity index (χ2n) is 4.39. The highest BCUT2D eigenvalue weighted by Crippen LogP contribution is 2.26. The molecular formula is C15H11Cl2F2NO. The van der Waals surface area contributed by atoms with Gasteiger partial charge in [-0.15, -0.1) is 0 Å². The van der Waals surface area contributed by atoms with Crippen LogP contribution < -0.4 is 5.32 Å². The summed E-state index contributed by atoms with van der Waals surface area (Å²) >= 11 is 11.9. The lowest BCUT2D eigenvalue weighted by molar-refractivity contribution is -0.116. The van der Waals surface area contributed by atoms with Crippen LogP contribution in [0.4, 0.5) is 14.5 Å². The molecule has 0 aliphatic carbocycles. The lowest BCUT2D eigenvalue weighted by Gasteiger charge is -2.08. The van der Waals surface area contributed by atoms with Crippen molar-refractivity contribution >= 4 is 34.8 Å². The van der Waals surface area contributed by atoms with Crippen molar-refractivity contribution in [3.8, 4) is 0 Å². The Kier molecular flexibility index (Phi) is 5.15. The first kappa shape index (κ1) is 15.7. The number of anilines is 1. The molecule has 2 aromatic carbocycles. The van der Waals surface area contributed by atoms with Crippen LogP contribution in [0.3, 0.4) is 0 Å². The van der Waals surface area contributed by atoms with Crippen molar-refractivity contribution < 1.29 is 13.6 Å². The van der Waals surface area contributed by atoms with Gasteiger partial charge in [0, 0.05) is 12.5 Å². The quantitative estimate of drug-likeness (QED) is 0.854. The molecule has 0 aliphatic rings. The van der Waals surface area contributed by atoms with Crippen LogP contribution in [-0.4, -0.2) is 5.91 Å². The molecule has 0 unspecified atom stereocenters. The molecule has 0 saturated carbocycles. The van der Waals surface area contributed by atoms with Gasteiger partial charge in [0.15, 0.2) is 0 Å². The Morgan fingerprint density at radius 1 is 1.14 bits per heavy atom. The fourth-order valence-corrected chi connectivity index (χ4v) is 2.21. The molecule has 21 heavy (non-hydrogen) atoms. The van der Waals surface area contributed by atoms with Crippen LogP contribution in [0, 0.1) is 11.6 Å². The Morgan fingerprint density at radius 3 is 2.67 bits per heavy atom. The second-order valence-corrected chi connectivity index (χ2v) is 5.17. The number of carbonyl (C=O) groups is 1. The Balaban J connectivity index is 1.99. The van der Waals surface area contributed by atoms with Gasteiger partial charge in [0.25, 0.3) is 0 Å². The Labute approximate surface area is 130 Å². The van der Waals surface area contributed by atoms with Gasteiger partial charge in [0.05, 0.1) is 15.7 Å². The molecule has 0 atom stereocenters. The summed E-state index contributed by atoms with van der Waals surface area (Å²) in [6.07, 6.45) is 0.429. The van der Waals surface area contributed by atoms with Gasteiger partial charge in [0.2, 0.25) is 5.91 Å². The number of aryl methyl sites for hydroxylation is 1. The maximum atomic E-state index is 13.4. The van der Waals surface area contributed by atoms with E-state index in [1.807, 2.05) is 0 Å². The minimum Gasteiger partial charge on any atom is -0.324 e. The number of benzene rings is 2. The SMILES string of the molecule is O=C(CCc1cccc(Cl)c1Cl)Nc1cc(F)ccc1F. The zero-order chi connectivity index (χ0) is 15.4. The van der Waals surface area contributed by atoms with Crippen molar-refractivity contribution in [3.05, 3.63) is 63.6 Å². The predicted molar refractivity (Wildman–Crippen MR) is 79.8 cm³/mol. The minimum atomic E-state index is -0.689. The molecule has 1 amide bonds. The van der Waals surface area contributed by atoms with E-state index in [0.29, 0.717) is 16.5 Å². The maximum Gasteiger partial charge on any atom is 0.224 e. The molecular weight excluding hydrogens is 319 g/mol. The molecule has 1 N–H and O–H groups in total. The van der Waals surface area contributed by atoms with Crippen molar-refractivity contribution in [2.75, 3.05) is 5.32 Å². The average molecular weight is 330 g/mol. The molecule has 2 aromatic rings. The fraction of sp³-hybridized carbons (Fsp3) is 0.133. The third-order valence-electron chi connectivity index (χ3n) is 2.86. The van der Waals surface area contributed by atoms with E-state index in [4.69, 9.17) is 23.2 Å². The molecule has 0 fully saturated rings. The van der Waals surface area contributed by atoms with E-state index in [1.54, 1.807) is 18.2 Å². The van der Waals surface area contributed by atoms with Crippen LogP contribution in [0.25, 0.3) is 0 Å². The third kappa shape index (κ3) is 4.16. The third-order valence-corrected chi connectivity index (χ3v) is 3.71. The van der Waals surface area contributed by atoms with Gasteiger partial charge in [-0.05, 0) is 30.2 Å². The highest BCUT2D eigenvalue weighted by Gasteiger charge is 2.10. The molecule has 0 aromatic heterocycles.